The first kappa shape index (κ1) is 26.7. The van der Waals surface area contributed by atoms with Crippen LogP contribution in [0, 0.1) is 5.41 Å². The van der Waals surface area contributed by atoms with E-state index in [1.807, 2.05) is 13.8 Å². The topological polar surface area (TPSA) is 113 Å². The van der Waals surface area contributed by atoms with Crippen LogP contribution in [-0.2, 0) is 19.1 Å². The highest BCUT2D eigenvalue weighted by Crippen LogP contribution is 2.18. The molecule has 0 fully saturated rings. The maximum Gasteiger partial charge on any atom is 0.321 e. The Kier molecular flexibility index (Phi) is 15.7. The van der Waals surface area contributed by atoms with E-state index in [-0.39, 0.29) is 19.8 Å². The molecular weight excluding hydrogens is 368 g/mol. The van der Waals surface area contributed by atoms with Crippen LogP contribution in [0.5, 0.6) is 0 Å². The summed E-state index contributed by atoms with van der Waals surface area (Å²) in [7, 11) is 0. The Hall–Kier alpha value is -0.480. The first-order valence-electron chi connectivity index (χ1n) is 8.22. The molecule has 3 N–H and O–H groups in total. The van der Waals surface area contributed by atoms with Crippen LogP contribution in [0.1, 0.15) is 47.0 Å². The first-order chi connectivity index (χ1) is 11.6. The van der Waals surface area contributed by atoms with Gasteiger partial charge in [-0.05, 0) is 26.7 Å². The molecule has 0 heterocycles. The summed E-state index contributed by atoms with van der Waals surface area (Å²) in [4.78, 5) is 22.5. The molecule has 0 bridgehead atoms. The Bertz CT molecular complexity index is 332. The summed E-state index contributed by atoms with van der Waals surface area (Å²) in [6.07, 6.45) is 0.969. The van der Waals surface area contributed by atoms with Crippen molar-refractivity contribution in [1.29, 1.82) is 0 Å². The fraction of sp³-hybridized carbons (Fsp3) is 0.875. The number of rotatable bonds is 10. The van der Waals surface area contributed by atoms with E-state index in [1.54, 1.807) is 13.8 Å². The fourth-order valence-corrected chi connectivity index (χ4v) is 1.44. The van der Waals surface area contributed by atoms with Crippen LogP contribution in [0.4, 0.5) is 0 Å². The lowest BCUT2D eigenvalue weighted by atomic mass is 9.88. The van der Waals surface area contributed by atoms with Gasteiger partial charge in [0.2, 0.25) is 6.29 Å². The summed E-state index contributed by atoms with van der Waals surface area (Å²) in [6, 6.07) is 0. The van der Waals surface area contributed by atoms with Crippen LogP contribution in [0.2, 0.25) is 0 Å². The van der Waals surface area contributed by atoms with Gasteiger partial charge in [0.25, 0.3) is 0 Å². The van der Waals surface area contributed by atoms with Crippen molar-refractivity contribution in [2.24, 2.45) is 5.41 Å². The number of hydrogen-bond acceptors (Lipinski definition) is 9. The van der Waals surface area contributed by atoms with E-state index in [2.05, 4.69) is 25.3 Å². The monoisotopic (exact) mass is 400 g/mol. The highest BCUT2D eigenvalue weighted by molar-refractivity contribution is 7.82. The molecule has 0 rings (SSSR count). The minimum absolute atomic E-state index is 0.156. The van der Waals surface area contributed by atoms with Crippen LogP contribution < -0.4 is 0 Å². The van der Waals surface area contributed by atoms with Crippen LogP contribution in [0.25, 0.3) is 0 Å². The van der Waals surface area contributed by atoms with Gasteiger partial charge in [0.15, 0.2) is 0 Å². The third-order valence-corrected chi connectivity index (χ3v) is 3.88. The van der Waals surface area contributed by atoms with E-state index in [4.69, 9.17) is 24.8 Å². The zero-order chi connectivity index (χ0) is 20.0. The number of ether oxygens (including phenoxy) is 2. The van der Waals surface area contributed by atoms with Gasteiger partial charge in [0, 0.05) is 11.8 Å². The summed E-state index contributed by atoms with van der Waals surface area (Å²) in [5.74, 6) is -0.997. The number of thiol groups is 2. The third kappa shape index (κ3) is 11.7. The Morgan fingerprint density at radius 3 is 1.44 bits per heavy atom. The number of esters is 2. The van der Waals surface area contributed by atoms with Crippen molar-refractivity contribution in [3.63, 3.8) is 0 Å². The number of aliphatic hydroxyl groups excluding tert-OH is 3. The van der Waals surface area contributed by atoms with Gasteiger partial charge < -0.3 is 24.8 Å². The largest absolute Gasteiger partial charge is 0.424 e. The fourth-order valence-electron chi connectivity index (χ4n) is 1.32. The van der Waals surface area contributed by atoms with E-state index in [1.165, 1.54) is 0 Å². The molecule has 0 aliphatic carbocycles. The van der Waals surface area contributed by atoms with Crippen molar-refractivity contribution in [1.82, 2.24) is 0 Å². The van der Waals surface area contributed by atoms with Gasteiger partial charge in [-0.1, -0.05) is 13.8 Å². The second-order valence-corrected chi connectivity index (χ2v) is 7.32. The molecule has 0 saturated heterocycles. The Balaban J connectivity index is 0. The van der Waals surface area contributed by atoms with E-state index in [0.29, 0.717) is 12.8 Å². The van der Waals surface area contributed by atoms with Crippen molar-refractivity contribution in [3.8, 4) is 0 Å². The summed E-state index contributed by atoms with van der Waals surface area (Å²) in [5, 5.41) is 24.9. The molecule has 0 aromatic carbocycles. The zero-order valence-electron chi connectivity index (χ0n) is 15.3. The smallest absolute Gasteiger partial charge is 0.321 e. The van der Waals surface area contributed by atoms with E-state index < -0.39 is 34.1 Å². The van der Waals surface area contributed by atoms with Gasteiger partial charge in [-0.3, -0.25) is 9.59 Å². The molecule has 9 heteroatoms. The Labute approximate surface area is 160 Å². The van der Waals surface area contributed by atoms with Crippen LogP contribution in [0.3, 0.4) is 0 Å². The zero-order valence-corrected chi connectivity index (χ0v) is 17.1. The van der Waals surface area contributed by atoms with Crippen molar-refractivity contribution >= 4 is 37.2 Å². The molecule has 7 nitrogen and oxygen atoms in total. The predicted octanol–water partition coefficient (Wildman–Crippen LogP) is 1.20. The summed E-state index contributed by atoms with van der Waals surface area (Å²) in [5.41, 5.74) is -0.667. The molecule has 0 saturated carbocycles. The normalized spacial score (nSPS) is 14.6. The van der Waals surface area contributed by atoms with Crippen molar-refractivity contribution in [3.05, 3.63) is 0 Å². The lowest BCUT2D eigenvalue weighted by Gasteiger charge is -2.24. The summed E-state index contributed by atoms with van der Waals surface area (Å²) in [6.45, 7) is 6.45. The highest BCUT2D eigenvalue weighted by atomic mass is 32.1. The van der Waals surface area contributed by atoms with Crippen LogP contribution in [-0.4, -0.2) is 63.9 Å². The van der Waals surface area contributed by atoms with E-state index in [0.717, 1.165) is 6.42 Å². The molecular formula is C16H32O7S2. The molecule has 2 unspecified atom stereocenters. The van der Waals surface area contributed by atoms with Crippen molar-refractivity contribution in [2.75, 3.05) is 19.8 Å². The molecule has 150 valence electrons. The quantitative estimate of drug-likeness (QED) is 0.213. The minimum atomic E-state index is -0.839. The average Bonchev–Trinajstić information content (AvgIpc) is 2.58. The van der Waals surface area contributed by atoms with E-state index in [9.17, 15) is 9.59 Å². The molecule has 0 radical (unpaired) electrons. The van der Waals surface area contributed by atoms with Gasteiger partial charge in [0.05, 0.1) is 30.3 Å². The average molecular weight is 401 g/mol. The minimum Gasteiger partial charge on any atom is -0.424 e. The number of hydrogen-bond donors (Lipinski definition) is 5. The summed E-state index contributed by atoms with van der Waals surface area (Å²) < 4.78 is 9.96. The molecule has 0 aliphatic heterocycles. The summed E-state index contributed by atoms with van der Waals surface area (Å²) >= 11 is 7.87. The van der Waals surface area contributed by atoms with Gasteiger partial charge in [0.1, 0.15) is 0 Å². The SMILES string of the molecule is CCC(CO)(CO)CO.CCCC(OC(=O)C(C)S)OC(=O)C(C)S. The van der Waals surface area contributed by atoms with E-state index >= 15 is 0 Å². The molecule has 25 heavy (non-hydrogen) atoms. The number of carbonyl (C=O) groups excluding carboxylic acids is 2. The second kappa shape index (κ2) is 14.7. The Morgan fingerprint density at radius 2 is 1.28 bits per heavy atom. The van der Waals surface area contributed by atoms with Gasteiger partial charge >= 0.3 is 11.9 Å². The molecule has 0 aliphatic rings. The molecule has 2 atom stereocenters. The molecule has 0 aromatic rings. The maximum atomic E-state index is 11.3. The molecule has 0 aromatic heterocycles. The standard InChI is InChI=1S/C10H18O4S2.C6H14O3/c1-4-5-8(13-9(11)6(2)15)14-10(12)7(3)16;1-2-6(3-7,4-8)5-9/h6-8,15-16H,4-5H2,1-3H3;7-9H,2-5H2,1H3. The lowest BCUT2D eigenvalue weighted by molar-refractivity contribution is -0.187. The van der Waals surface area contributed by atoms with Gasteiger partial charge in [-0.2, -0.15) is 25.3 Å². The first-order valence-corrected chi connectivity index (χ1v) is 9.25. The molecule has 0 spiro atoms. The third-order valence-electron chi connectivity index (χ3n) is 3.46. The maximum absolute atomic E-state index is 11.3. The second-order valence-electron chi connectivity index (χ2n) is 5.77. The highest BCUT2D eigenvalue weighted by Gasteiger charge is 2.25. The van der Waals surface area contributed by atoms with Gasteiger partial charge in [-0.25, -0.2) is 0 Å². The van der Waals surface area contributed by atoms with Crippen LogP contribution in [0.15, 0.2) is 0 Å². The Morgan fingerprint density at radius 1 is 0.920 bits per heavy atom. The van der Waals surface area contributed by atoms with Crippen molar-refractivity contribution < 1.29 is 34.4 Å². The molecule has 0 amide bonds. The van der Waals surface area contributed by atoms with Crippen LogP contribution >= 0.6 is 25.3 Å². The van der Waals surface area contributed by atoms with Gasteiger partial charge in [-0.15, -0.1) is 0 Å². The predicted molar refractivity (Wildman–Crippen MR) is 102 cm³/mol. The number of carbonyl (C=O) groups is 2. The lowest BCUT2D eigenvalue weighted by Crippen LogP contribution is -2.32. The number of aliphatic hydroxyl groups is 3. The van der Waals surface area contributed by atoms with Crippen molar-refractivity contribution in [2.45, 2.75) is 63.7 Å².